The Morgan fingerprint density at radius 1 is 1.05 bits per heavy atom. The highest BCUT2D eigenvalue weighted by Gasteiger charge is 2.17. The summed E-state index contributed by atoms with van der Waals surface area (Å²) in [5.74, 6) is 0. The molecule has 0 aliphatic rings. The highest BCUT2D eigenvalue weighted by molar-refractivity contribution is 7.89. The number of nitrogens with one attached hydrogen (secondary N) is 1. The van der Waals surface area contributed by atoms with E-state index in [9.17, 15) is 8.42 Å². The minimum absolute atomic E-state index is 0.102. The molecule has 120 valence electrons. The van der Waals surface area contributed by atoms with Crippen LogP contribution in [0, 0.1) is 0 Å². The summed E-state index contributed by atoms with van der Waals surface area (Å²) in [7, 11) is 1.72. The summed E-state index contributed by atoms with van der Waals surface area (Å²) in [5, 5.41) is 3.43. The van der Waals surface area contributed by atoms with Gasteiger partial charge >= 0.3 is 0 Å². The summed E-state index contributed by atoms with van der Waals surface area (Å²) in [4.78, 5) is 2.42. The lowest BCUT2D eigenvalue weighted by Crippen LogP contribution is -2.40. The Balaban J connectivity index is 2.70. The number of hydrogen-bond acceptors (Lipinski definition) is 4. The van der Waals surface area contributed by atoms with Crippen LogP contribution in [0.2, 0.25) is 0 Å². The Morgan fingerprint density at radius 2 is 1.57 bits per heavy atom. The lowest BCUT2D eigenvalue weighted by atomic mass is 10.1. The Morgan fingerprint density at radius 3 is 2.00 bits per heavy atom. The van der Waals surface area contributed by atoms with E-state index in [0.717, 1.165) is 18.8 Å². The van der Waals surface area contributed by atoms with Gasteiger partial charge in [0, 0.05) is 45.5 Å². The fourth-order valence-electron chi connectivity index (χ4n) is 1.81. The van der Waals surface area contributed by atoms with Crippen LogP contribution in [0.15, 0.2) is 29.2 Å². The van der Waals surface area contributed by atoms with E-state index in [1.165, 1.54) is 18.4 Å². The predicted molar refractivity (Wildman–Crippen MR) is 88.3 cm³/mol. The van der Waals surface area contributed by atoms with Gasteiger partial charge in [0.05, 0.1) is 4.90 Å². The van der Waals surface area contributed by atoms with Crippen LogP contribution in [0.4, 0.5) is 5.69 Å². The summed E-state index contributed by atoms with van der Waals surface area (Å²) in [5.41, 5.74) is 1.10. The fourth-order valence-corrected chi connectivity index (χ4v) is 2.71. The van der Waals surface area contributed by atoms with Crippen molar-refractivity contribution >= 4 is 15.7 Å². The van der Waals surface area contributed by atoms with Crippen LogP contribution in [0.5, 0.6) is 0 Å². The number of nitrogens with zero attached hydrogens (tertiary/aromatic N) is 2. The van der Waals surface area contributed by atoms with Gasteiger partial charge < -0.3 is 10.2 Å². The van der Waals surface area contributed by atoms with Gasteiger partial charge in [-0.25, -0.2) is 12.7 Å². The number of sulfonamides is 1. The summed E-state index contributed by atoms with van der Waals surface area (Å²) in [6, 6.07) is 6.98. The van der Waals surface area contributed by atoms with Crippen LogP contribution >= 0.6 is 0 Å². The lowest BCUT2D eigenvalue weighted by molar-refractivity contribution is 0.431. The van der Waals surface area contributed by atoms with E-state index >= 15 is 0 Å². The van der Waals surface area contributed by atoms with Gasteiger partial charge in [0.1, 0.15) is 0 Å². The van der Waals surface area contributed by atoms with E-state index in [-0.39, 0.29) is 5.54 Å². The molecule has 6 heteroatoms. The Hall–Kier alpha value is -1.11. The molecule has 0 aliphatic heterocycles. The third kappa shape index (κ3) is 5.30. The van der Waals surface area contributed by atoms with Crippen LogP contribution < -0.4 is 10.2 Å². The van der Waals surface area contributed by atoms with E-state index in [1.807, 2.05) is 19.2 Å². The molecule has 0 aliphatic carbocycles. The Kier molecular flexibility index (Phi) is 5.78. The quantitative estimate of drug-likeness (QED) is 0.869. The molecule has 0 saturated heterocycles. The topological polar surface area (TPSA) is 52.7 Å². The average Bonchev–Trinajstić information content (AvgIpc) is 2.37. The second-order valence-electron chi connectivity index (χ2n) is 6.38. The first-order chi connectivity index (χ1) is 9.54. The van der Waals surface area contributed by atoms with Crippen molar-refractivity contribution in [2.24, 2.45) is 0 Å². The molecule has 1 aromatic carbocycles. The average molecular weight is 313 g/mol. The van der Waals surface area contributed by atoms with Crippen LogP contribution in [-0.2, 0) is 10.0 Å². The molecule has 0 spiro atoms. The van der Waals surface area contributed by atoms with E-state index in [2.05, 4.69) is 31.0 Å². The van der Waals surface area contributed by atoms with E-state index < -0.39 is 10.0 Å². The van der Waals surface area contributed by atoms with Crippen LogP contribution in [0.3, 0.4) is 0 Å². The van der Waals surface area contributed by atoms with Crippen LogP contribution in [0.25, 0.3) is 0 Å². The molecule has 21 heavy (non-hydrogen) atoms. The Bertz CT molecular complexity index is 545. The molecule has 0 fully saturated rings. The van der Waals surface area contributed by atoms with Crippen molar-refractivity contribution in [1.82, 2.24) is 9.62 Å². The first kappa shape index (κ1) is 17.9. The molecular weight excluding hydrogens is 286 g/mol. The summed E-state index contributed by atoms with van der Waals surface area (Å²) in [6.07, 6.45) is 0. The number of anilines is 1. The van der Waals surface area contributed by atoms with Crippen molar-refractivity contribution in [3.8, 4) is 0 Å². The normalized spacial score (nSPS) is 12.7. The van der Waals surface area contributed by atoms with Gasteiger partial charge in [-0.15, -0.1) is 0 Å². The van der Waals surface area contributed by atoms with E-state index in [1.54, 1.807) is 12.1 Å². The van der Waals surface area contributed by atoms with Gasteiger partial charge in [-0.05, 0) is 45.0 Å². The number of benzene rings is 1. The van der Waals surface area contributed by atoms with E-state index in [4.69, 9.17) is 0 Å². The molecule has 0 atom stereocenters. The van der Waals surface area contributed by atoms with Crippen molar-refractivity contribution in [2.75, 3.05) is 39.1 Å². The number of likely N-dealkylation sites (N-methyl/N-ethyl adjacent to an activating group) is 1. The zero-order valence-electron chi connectivity index (χ0n) is 13.8. The van der Waals surface area contributed by atoms with Crippen molar-refractivity contribution in [3.05, 3.63) is 24.3 Å². The largest absolute Gasteiger partial charge is 0.373 e. The molecule has 0 radical (unpaired) electrons. The second kappa shape index (κ2) is 6.77. The summed E-state index contributed by atoms with van der Waals surface area (Å²) in [6.45, 7) is 8.13. The first-order valence-corrected chi connectivity index (χ1v) is 8.47. The highest BCUT2D eigenvalue weighted by atomic mass is 32.2. The van der Waals surface area contributed by atoms with Crippen LogP contribution in [0.1, 0.15) is 20.8 Å². The second-order valence-corrected chi connectivity index (χ2v) is 8.53. The van der Waals surface area contributed by atoms with E-state index in [0.29, 0.717) is 4.90 Å². The monoisotopic (exact) mass is 313 g/mol. The minimum atomic E-state index is -3.35. The maximum absolute atomic E-state index is 12.0. The molecule has 0 saturated carbocycles. The smallest absolute Gasteiger partial charge is 0.242 e. The molecule has 0 unspecified atom stereocenters. The molecule has 0 bridgehead atoms. The van der Waals surface area contributed by atoms with Crippen LogP contribution in [-0.4, -0.2) is 52.5 Å². The number of rotatable bonds is 6. The zero-order valence-corrected chi connectivity index (χ0v) is 14.7. The highest BCUT2D eigenvalue weighted by Crippen LogP contribution is 2.18. The van der Waals surface area contributed by atoms with Crippen molar-refractivity contribution in [3.63, 3.8) is 0 Å². The zero-order chi connectivity index (χ0) is 16.3. The molecule has 0 aromatic heterocycles. The molecule has 0 heterocycles. The van der Waals surface area contributed by atoms with Gasteiger partial charge in [-0.2, -0.15) is 0 Å². The maximum Gasteiger partial charge on any atom is 0.242 e. The molecular formula is C15H27N3O2S. The van der Waals surface area contributed by atoms with Gasteiger partial charge in [0.15, 0.2) is 0 Å². The minimum Gasteiger partial charge on any atom is -0.373 e. The Labute approximate surface area is 129 Å². The van der Waals surface area contributed by atoms with Gasteiger partial charge in [0.25, 0.3) is 0 Å². The summed E-state index contributed by atoms with van der Waals surface area (Å²) >= 11 is 0. The number of hydrogen-bond donors (Lipinski definition) is 1. The molecule has 1 N–H and O–H groups in total. The molecule has 1 aromatic rings. The predicted octanol–water partition coefficient (Wildman–Crippen LogP) is 1.76. The summed E-state index contributed by atoms with van der Waals surface area (Å²) < 4.78 is 25.2. The van der Waals surface area contributed by atoms with Crippen molar-refractivity contribution in [2.45, 2.75) is 31.2 Å². The van der Waals surface area contributed by atoms with Gasteiger partial charge in [-0.1, -0.05) is 0 Å². The lowest BCUT2D eigenvalue weighted by Gasteiger charge is -2.25. The third-order valence-corrected chi connectivity index (χ3v) is 4.99. The van der Waals surface area contributed by atoms with Crippen molar-refractivity contribution in [1.29, 1.82) is 0 Å². The molecule has 1 rings (SSSR count). The SMILES string of the molecule is CN(CCNC(C)(C)C)c1ccc(S(=O)(=O)N(C)C)cc1. The standard InChI is InChI=1S/C15H27N3O2S/c1-15(2,3)16-11-12-18(6)13-7-9-14(10-8-13)21(19,20)17(4)5/h7-10,16H,11-12H2,1-6H3. The van der Waals surface area contributed by atoms with Gasteiger partial charge in [0.2, 0.25) is 10.0 Å². The maximum atomic E-state index is 12.0. The fraction of sp³-hybridized carbons (Fsp3) is 0.600. The van der Waals surface area contributed by atoms with Crippen molar-refractivity contribution < 1.29 is 8.42 Å². The van der Waals surface area contributed by atoms with Gasteiger partial charge in [-0.3, -0.25) is 0 Å². The molecule has 5 nitrogen and oxygen atoms in total. The first-order valence-electron chi connectivity index (χ1n) is 7.03. The molecule has 0 amide bonds. The third-order valence-electron chi connectivity index (χ3n) is 3.16.